The number of H-pyrrole nitrogens is 1. The highest BCUT2D eigenvalue weighted by atomic mass is 16.5. The average Bonchev–Trinajstić information content (AvgIpc) is 2.73. The van der Waals surface area contributed by atoms with Gasteiger partial charge < -0.3 is 14.8 Å². The minimum Gasteiger partial charge on any atom is -0.384 e. The zero-order chi connectivity index (χ0) is 9.31. The van der Waals surface area contributed by atoms with Crippen LogP contribution in [0.4, 0.5) is 0 Å². The van der Waals surface area contributed by atoms with Gasteiger partial charge in [-0.15, -0.1) is 0 Å². The lowest BCUT2D eigenvalue weighted by atomic mass is 9.93. The quantitative estimate of drug-likeness (QED) is 0.728. The highest BCUT2D eigenvalue weighted by molar-refractivity contribution is 5.11. The lowest BCUT2D eigenvalue weighted by molar-refractivity contribution is -0.0811. The Morgan fingerprint density at radius 1 is 1.69 bits per heavy atom. The van der Waals surface area contributed by atoms with Crippen LogP contribution in [0.1, 0.15) is 31.6 Å². The van der Waals surface area contributed by atoms with Crippen LogP contribution in [0, 0.1) is 0 Å². The topological polar surface area (TPSA) is 45.2 Å². The van der Waals surface area contributed by atoms with Gasteiger partial charge >= 0.3 is 0 Å². The van der Waals surface area contributed by atoms with Gasteiger partial charge in [-0.2, -0.15) is 0 Å². The van der Waals surface area contributed by atoms with Crippen LogP contribution in [0.5, 0.6) is 0 Å². The van der Waals surface area contributed by atoms with Gasteiger partial charge in [0.1, 0.15) is 6.10 Å². The molecule has 2 unspecified atom stereocenters. The Morgan fingerprint density at radius 3 is 3.08 bits per heavy atom. The second-order valence-corrected chi connectivity index (χ2v) is 3.79. The van der Waals surface area contributed by atoms with Crippen LogP contribution in [0.25, 0.3) is 0 Å². The van der Waals surface area contributed by atoms with Crippen molar-refractivity contribution in [3.05, 3.63) is 24.0 Å². The first-order valence-corrected chi connectivity index (χ1v) is 4.68. The van der Waals surface area contributed by atoms with E-state index in [0.29, 0.717) is 0 Å². The number of hydrogen-bond donors (Lipinski definition) is 2. The second kappa shape index (κ2) is 3.16. The van der Waals surface area contributed by atoms with E-state index in [-0.39, 0.29) is 0 Å². The molecule has 0 aromatic carbocycles. The third-order valence-corrected chi connectivity index (χ3v) is 2.74. The van der Waals surface area contributed by atoms with Crippen molar-refractivity contribution in [2.24, 2.45) is 0 Å². The van der Waals surface area contributed by atoms with E-state index in [1.807, 2.05) is 25.3 Å². The number of nitrogens with one attached hydrogen (secondary N) is 1. The molecule has 0 radical (unpaired) electrons. The molecule has 1 aromatic rings. The lowest BCUT2D eigenvalue weighted by Gasteiger charge is -2.28. The van der Waals surface area contributed by atoms with Gasteiger partial charge in [0, 0.05) is 18.5 Å². The molecule has 3 nitrogen and oxygen atoms in total. The van der Waals surface area contributed by atoms with Crippen molar-refractivity contribution >= 4 is 0 Å². The van der Waals surface area contributed by atoms with E-state index < -0.39 is 11.7 Å². The van der Waals surface area contributed by atoms with Crippen molar-refractivity contribution < 1.29 is 9.84 Å². The number of ether oxygens (including phenoxy) is 1. The molecule has 2 N–H and O–H groups in total. The molecular formula is C10H15NO2. The SMILES string of the molecule is CC1(C(O)c2ccc[nH]2)CCCO1. The molecule has 1 saturated heterocycles. The van der Waals surface area contributed by atoms with Crippen LogP contribution in [0.15, 0.2) is 18.3 Å². The first-order valence-electron chi connectivity index (χ1n) is 4.68. The second-order valence-electron chi connectivity index (χ2n) is 3.79. The minimum absolute atomic E-state index is 0.398. The van der Waals surface area contributed by atoms with E-state index in [2.05, 4.69) is 4.98 Å². The normalized spacial score (nSPS) is 30.6. The third kappa shape index (κ3) is 1.49. The summed E-state index contributed by atoms with van der Waals surface area (Å²) >= 11 is 0. The average molecular weight is 181 g/mol. The maximum Gasteiger partial charge on any atom is 0.122 e. The van der Waals surface area contributed by atoms with Crippen molar-refractivity contribution in [3.8, 4) is 0 Å². The van der Waals surface area contributed by atoms with Crippen molar-refractivity contribution in [1.82, 2.24) is 4.98 Å². The number of aliphatic hydroxyl groups is 1. The third-order valence-electron chi connectivity index (χ3n) is 2.74. The lowest BCUT2D eigenvalue weighted by Crippen LogP contribution is -2.32. The Kier molecular flexibility index (Phi) is 2.14. The first kappa shape index (κ1) is 8.78. The van der Waals surface area contributed by atoms with Gasteiger partial charge in [0.25, 0.3) is 0 Å². The van der Waals surface area contributed by atoms with E-state index in [9.17, 15) is 5.11 Å². The summed E-state index contributed by atoms with van der Waals surface area (Å²) in [4.78, 5) is 3.01. The molecule has 1 aromatic heterocycles. The molecule has 3 heteroatoms. The fraction of sp³-hybridized carbons (Fsp3) is 0.600. The fourth-order valence-electron chi connectivity index (χ4n) is 1.86. The van der Waals surface area contributed by atoms with E-state index in [4.69, 9.17) is 4.74 Å². The Balaban J connectivity index is 2.16. The first-order chi connectivity index (χ1) is 6.22. The zero-order valence-corrected chi connectivity index (χ0v) is 7.79. The summed E-state index contributed by atoms with van der Waals surface area (Å²) < 4.78 is 5.56. The Hall–Kier alpha value is -0.800. The van der Waals surface area contributed by atoms with Crippen molar-refractivity contribution in [1.29, 1.82) is 0 Å². The molecule has 0 aliphatic carbocycles. The number of aromatic nitrogens is 1. The van der Waals surface area contributed by atoms with Gasteiger partial charge in [-0.1, -0.05) is 0 Å². The van der Waals surface area contributed by atoms with Crippen LogP contribution in [0.3, 0.4) is 0 Å². The van der Waals surface area contributed by atoms with Crippen molar-refractivity contribution in [2.45, 2.75) is 31.5 Å². The molecule has 1 aliphatic heterocycles. The van der Waals surface area contributed by atoms with Crippen LogP contribution < -0.4 is 0 Å². The Morgan fingerprint density at radius 2 is 2.54 bits per heavy atom. The van der Waals surface area contributed by atoms with Gasteiger partial charge in [0.05, 0.1) is 5.60 Å². The molecule has 0 saturated carbocycles. The highest BCUT2D eigenvalue weighted by Gasteiger charge is 2.38. The molecule has 1 fully saturated rings. The fourth-order valence-corrected chi connectivity index (χ4v) is 1.86. The van der Waals surface area contributed by atoms with Gasteiger partial charge in [0.15, 0.2) is 0 Å². The standard InChI is InChI=1S/C10H15NO2/c1-10(5-3-7-13-10)9(12)8-4-2-6-11-8/h2,4,6,9,11-12H,3,5,7H2,1H3. The van der Waals surface area contributed by atoms with Gasteiger partial charge in [-0.25, -0.2) is 0 Å². The molecule has 2 heterocycles. The van der Waals surface area contributed by atoms with Gasteiger partial charge in [0.2, 0.25) is 0 Å². The predicted octanol–water partition coefficient (Wildman–Crippen LogP) is 1.62. The Labute approximate surface area is 77.7 Å². The monoisotopic (exact) mass is 181 g/mol. The number of rotatable bonds is 2. The minimum atomic E-state index is -0.537. The summed E-state index contributed by atoms with van der Waals surface area (Å²) in [5, 5.41) is 10.0. The van der Waals surface area contributed by atoms with E-state index in [1.54, 1.807) is 0 Å². The van der Waals surface area contributed by atoms with Crippen LogP contribution in [-0.4, -0.2) is 22.3 Å². The van der Waals surface area contributed by atoms with Crippen molar-refractivity contribution in [2.75, 3.05) is 6.61 Å². The molecule has 72 valence electrons. The number of aliphatic hydroxyl groups excluding tert-OH is 1. The van der Waals surface area contributed by atoms with E-state index in [1.165, 1.54) is 0 Å². The molecule has 1 aliphatic rings. The van der Waals surface area contributed by atoms with Crippen LogP contribution >= 0.6 is 0 Å². The predicted molar refractivity (Wildman–Crippen MR) is 49.3 cm³/mol. The maximum atomic E-state index is 10.0. The molecular weight excluding hydrogens is 166 g/mol. The molecule has 0 spiro atoms. The van der Waals surface area contributed by atoms with E-state index >= 15 is 0 Å². The molecule has 2 rings (SSSR count). The van der Waals surface area contributed by atoms with Crippen molar-refractivity contribution in [3.63, 3.8) is 0 Å². The molecule has 13 heavy (non-hydrogen) atoms. The maximum absolute atomic E-state index is 10.0. The summed E-state index contributed by atoms with van der Waals surface area (Å²) in [5.41, 5.74) is 0.439. The summed E-state index contributed by atoms with van der Waals surface area (Å²) in [6, 6.07) is 3.77. The largest absolute Gasteiger partial charge is 0.384 e. The summed E-state index contributed by atoms with van der Waals surface area (Å²) in [6.45, 7) is 2.72. The summed E-state index contributed by atoms with van der Waals surface area (Å²) in [6.07, 6.45) is 3.24. The number of aromatic amines is 1. The van der Waals surface area contributed by atoms with E-state index in [0.717, 1.165) is 25.1 Å². The Bertz CT molecular complexity index is 262. The number of hydrogen-bond acceptors (Lipinski definition) is 2. The zero-order valence-electron chi connectivity index (χ0n) is 7.79. The molecule has 0 amide bonds. The van der Waals surface area contributed by atoms with Crippen LogP contribution in [-0.2, 0) is 4.74 Å². The van der Waals surface area contributed by atoms with Crippen LogP contribution in [0.2, 0.25) is 0 Å². The smallest absolute Gasteiger partial charge is 0.122 e. The van der Waals surface area contributed by atoms with Gasteiger partial charge in [-0.3, -0.25) is 0 Å². The highest BCUT2D eigenvalue weighted by Crippen LogP contribution is 2.36. The molecule has 0 bridgehead atoms. The van der Waals surface area contributed by atoms with Gasteiger partial charge in [-0.05, 0) is 31.9 Å². The summed E-state index contributed by atoms with van der Waals surface area (Å²) in [7, 11) is 0. The summed E-state index contributed by atoms with van der Waals surface area (Å²) in [5.74, 6) is 0. The molecule has 2 atom stereocenters.